The van der Waals surface area contributed by atoms with E-state index in [4.69, 9.17) is 9.47 Å². The number of hydrogen-bond donors (Lipinski definition) is 0. The van der Waals surface area contributed by atoms with Gasteiger partial charge in [-0.1, -0.05) is 78.3 Å². The summed E-state index contributed by atoms with van der Waals surface area (Å²) >= 11 is 2.38. The van der Waals surface area contributed by atoms with E-state index >= 15 is 0 Å². The molecule has 0 aromatic heterocycles. The van der Waals surface area contributed by atoms with Crippen LogP contribution in [0.5, 0.6) is 11.5 Å². The molecule has 7 aromatic rings. The van der Waals surface area contributed by atoms with E-state index in [2.05, 4.69) is 125 Å². The van der Waals surface area contributed by atoms with Crippen LogP contribution in [0.3, 0.4) is 0 Å². The van der Waals surface area contributed by atoms with Crippen molar-refractivity contribution in [3.63, 3.8) is 0 Å². The van der Waals surface area contributed by atoms with Crippen LogP contribution < -0.4 is 9.47 Å². The van der Waals surface area contributed by atoms with E-state index in [1.165, 1.54) is 0 Å². The summed E-state index contributed by atoms with van der Waals surface area (Å²) in [6.45, 7) is 0. The number of halogens is 1. The van der Waals surface area contributed by atoms with E-state index in [1.807, 2.05) is 36.4 Å². The van der Waals surface area contributed by atoms with Crippen molar-refractivity contribution in [1.29, 1.82) is 0 Å². The molecule has 0 bridgehead atoms. The minimum Gasteiger partial charge on any atom is -0.497 e. The van der Waals surface area contributed by atoms with Crippen molar-refractivity contribution in [1.82, 2.24) is 0 Å². The Morgan fingerprint density at radius 2 is 0.930 bits per heavy atom. The van der Waals surface area contributed by atoms with E-state index in [1.54, 1.807) is 14.2 Å². The first kappa shape index (κ1) is 26.9. The molecule has 0 saturated heterocycles. The van der Waals surface area contributed by atoms with E-state index in [9.17, 15) is 0 Å². The molecule has 0 radical (unpaired) electrons. The van der Waals surface area contributed by atoms with Gasteiger partial charge in [-0.2, -0.15) is 0 Å². The Kier molecular flexibility index (Phi) is 7.11. The summed E-state index contributed by atoms with van der Waals surface area (Å²) < 4.78 is 12.0. The third-order valence-electron chi connectivity index (χ3n) is 7.81. The van der Waals surface area contributed by atoms with Gasteiger partial charge < -0.3 is 9.47 Å². The van der Waals surface area contributed by atoms with E-state index < -0.39 is 0 Å². The number of fused-ring (bicyclic) bond motifs is 4. The topological polar surface area (TPSA) is 18.5 Å². The molecule has 0 heterocycles. The highest BCUT2D eigenvalue weighted by Gasteiger charge is 2.13. The van der Waals surface area contributed by atoms with Crippen molar-refractivity contribution >= 4 is 65.7 Å². The molecular weight excluding hydrogens is 639 g/mol. The lowest BCUT2D eigenvalue weighted by molar-refractivity contribution is 0.415. The lowest BCUT2D eigenvalue weighted by Crippen LogP contribution is -1.92. The number of hydrogen-bond acceptors (Lipinski definition) is 2. The van der Waals surface area contributed by atoms with Crippen LogP contribution in [0.4, 0.5) is 0 Å². The van der Waals surface area contributed by atoms with Gasteiger partial charge in [0.25, 0.3) is 0 Å². The fourth-order valence-electron chi connectivity index (χ4n) is 5.68. The highest BCUT2D eigenvalue weighted by Crippen LogP contribution is 2.34. The average molecular weight is 665 g/mol. The second-order valence-corrected chi connectivity index (χ2v) is 11.5. The lowest BCUT2D eigenvalue weighted by atomic mass is 9.91. The van der Waals surface area contributed by atoms with Gasteiger partial charge in [-0.15, -0.1) is 0 Å². The minimum absolute atomic E-state index is 0.837. The Hall–Kier alpha value is -4.97. The summed E-state index contributed by atoms with van der Waals surface area (Å²) in [4.78, 5) is 0. The fourth-order valence-corrected chi connectivity index (χ4v) is 6.17. The molecule has 2 nitrogen and oxygen atoms in total. The van der Waals surface area contributed by atoms with Crippen LogP contribution in [0.2, 0.25) is 0 Å². The zero-order chi connectivity index (χ0) is 29.3. The van der Waals surface area contributed by atoms with Crippen LogP contribution in [-0.4, -0.2) is 14.2 Å². The Bertz CT molecular complexity index is 2350. The van der Waals surface area contributed by atoms with Gasteiger partial charge in [0.15, 0.2) is 0 Å². The van der Waals surface area contributed by atoms with Crippen LogP contribution in [-0.2, 0) is 0 Å². The average Bonchev–Trinajstić information content (AvgIpc) is 3.05. The summed E-state index contributed by atoms with van der Waals surface area (Å²) in [5.74, 6) is 15.9. The van der Waals surface area contributed by atoms with Crippen LogP contribution in [0.15, 0.2) is 115 Å². The molecule has 0 unspecified atom stereocenters. The summed E-state index contributed by atoms with van der Waals surface area (Å²) in [5, 5.41) is 8.81. The monoisotopic (exact) mass is 664 g/mol. The SMILES string of the molecule is COc1ccc2c(C#Cc3c4ccccc4c(C#Cc4cccc5cc(OC)ccc45)c4cc(I)ccc34)cccc2c1. The van der Waals surface area contributed by atoms with Gasteiger partial charge in [-0.3, -0.25) is 0 Å². The van der Waals surface area contributed by atoms with Gasteiger partial charge >= 0.3 is 0 Å². The zero-order valence-electron chi connectivity index (χ0n) is 23.7. The first-order valence-corrected chi connectivity index (χ1v) is 15.0. The zero-order valence-corrected chi connectivity index (χ0v) is 25.8. The Balaban J connectivity index is 1.44. The van der Waals surface area contributed by atoms with Gasteiger partial charge in [0.1, 0.15) is 11.5 Å². The van der Waals surface area contributed by atoms with Crippen molar-refractivity contribution in [3.05, 3.63) is 141 Å². The van der Waals surface area contributed by atoms with Crippen LogP contribution in [0.25, 0.3) is 43.1 Å². The quantitative estimate of drug-likeness (QED) is 0.104. The molecule has 0 atom stereocenters. The molecule has 0 saturated carbocycles. The maximum atomic E-state index is 5.44. The number of methoxy groups -OCH3 is 2. The third kappa shape index (κ3) is 5.03. The van der Waals surface area contributed by atoms with Crippen molar-refractivity contribution in [2.24, 2.45) is 0 Å². The van der Waals surface area contributed by atoms with Crippen molar-refractivity contribution in [3.8, 4) is 35.2 Å². The highest BCUT2D eigenvalue weighted by atomic mass is 127. The molecule has 7 rings (SSSR count). The lowest BCUT2D eigenvalue weighted by Gasteiger charge is -2.11. The fraction of sp³-hybridized carbons (Fsp3) is 0.0500. The Morgan fingerprint density at radius 1 is 0.442 bits per heavy atom. The molecule has 0 amide bonds. The standard InChI is InChI=1S/C40H25IO2/c1-42-31-16-21-33-26(7-5-9-28(33)23-31)13-18-37-35-11-3-4-12-36(35)38(40-25-30(41)15-20-39(37)40)19-14-27-8-6-10-29-24-32(43-2)17-22-34(27)29/h3-12,15-17,20-25H,1-2H3. The highest BCUT2D eigenvalue weighted by molar-refractivity contribution is 14.1. The summed E-state index contributed by atoms with van der Waals surface area (Å²) in [5.41, 5.74) is 3.99. The second-order valence-electron chi connectivity index (χ2n) is 10.3. The molecule has 0 aliphatic carbocycles. The molecule has 0 fully saturated rings. The molecule has 0 spiro atoms. The smallest absolute Gasteiger partial charge is 0.119 e. The molecule has 7 aromatic carbocycles. The first-order valence-electron chi connectivity index (χ1n) is 13.9. The number of benzene rings is 7. The van der Waals surface area contributed by atoms with Gasteiger partial charge in [-0.05, 0) is 121 Å². The molecule has 0 N–H and O–H groups in total. The minimum atomic E-state index is 0.837. The van der Waals surface area contributed by atoms with Gasteiger partial charge in [0.05, 0.1) is 14.2 Å². The maximum absolute atomic E-state index is 5.44. The molecule has 43 heavy (non-hydrogen) atoms. The van der Waals surface area contributed by atoms with Gasteiger partial charge in [0, 0.05) is 31.2 Å². The van der Waals surface area contributed by atoms with Crippen LogP contribution in [0, 0.1) is 27.3 Å². The largest absolute Gasteiger partial charge is 0.497 e. The van der Waals surface area contributed by atoms with E-state index in [0.717, 1.165) is 80.4 Å². The molecule has 0 aliphatic rings. The van der Waals surface area contributed by atoms with Crippen molar-refractivity contribution < 1.29 is 9.47 Å². The molecule has 3 heteroatoms. The Morgan fingerprint density at radius 3 is 1.47 bits per heavy atom. The predicted octanol–water partition coefficient (Wildman–Crippen LogP) is 9.72. The van der Waals surface area contributed by atoms with Gasteiger partial charge in [-0.25, -0.2) is 0 Å². The molecule has 0 aliphatic heterocycles. The van der Waals surface area contributed by atoms with Crippen LogP contribution in [0.1, 0.15) is 22.3 Å². The number of ether oxygens (including phenoxy) is 2. The first-order chi connectivity index (χ1) is 21.1. The van der Waals surface area contributed by atoms with Crippen LogP contribution >= 0.6 is 22.6 Å². The second kappa shape index (κ2) is 11.4. The van der Waals surface area contributed by atoms with Crippen molar-refractivity contribution in [2.45, 2.75) is 0 Å². The molecule has 204 valence electrons. The van der Waals surface area contributed by atoms with E-state index in [0.29, 0.717) is 0 Å². The van der Waals surface area contributed by atoms with Gasteiger partial charge in [0.2, 0.25) is 0 Å². The van der Waals surface area contributed by atoms with Crippen molar-refractivity contribution in [2.75, 3.05) is 14.2 Å². The normalized spacial score (nSPS) is 10.8. The summed E-state index contributed by atoms with van der Waals surface area (Å²) in [6.07, 6.45) is 0. The third-order valence-corrected chi connectivity index (χ3v) is 8.48. The number of rotatable bonds is 2. The molecular formula is C40H25IO2. The summed E-state index contributed by atoms with van der Waals surface area (Å²) in [7, 11) is 3.38. The van der Waals surface area contributed by atoms with E-state index in [-0.39, 0.29) is 0 Å². The predicted molar refractivity (Wildman–Crippen MR) is 187 cm³/mol. The summed E-state index contributed by atoms with van der Waals surface area (Å²) in [6, 6.07) is 39.7. The Labute approximate surface area is 264 Å². The maximum Gasteiger partial charge on any atom is 0.119 e.